The second kappa shape index (κ2) is 8.41. The van der Waals surface area contributed by atoms with Crippen LogP contribution in [0.2, 0.25) is 0 Å². The molecule has 0 aromatic heterocycles. The fraction of sp³-hybridized carbons (Fsp3) is 0.478. The summed E-state index contributed by atoms with van der Waals surface area (Å²) in [5.74, 6) is 0.125. The van der Waals surface area contributed by atoms with E-state index in [-0.39, 0.29) is 16.8 Å². The zero-order valence-electron chi connectivity index (χ0n) is 16.3. The summed E-state index contributed by atoms with van der Waals surface area (Å²) in [5, 5.41) is 13.4. The van der Waals surface area contributed by atoms with Crippen molar-refractivity contribution < 1.29 is 14.2 Å². The number of aromatic hydroxyl groups is 1. The molecule has 0 unspecified atom stereocenters. The highest BCUT2D eigenvalue weighted by Crippen LogP contribution is 2.45. The quantitative estimate of drug-likeness (QED) is 0.678. The lowest BCUT2D eigenvalue weighted by molar-refractivity contribution is -0.0979. The second-order valence-electron chi connectivity index (χ2n) is 7.92. The molecular formula is C23H30FNO2. The minimum Gasteiger partial charge on any atom is -0.508 e. The van der Waals surface area contributed by atoms with E-state index in [1.807, 2.05) is 30.3 Å². The molecule has 0 radical (unpaired) electrons. The van der Waals surface area contributed by atoms with Crippen molar-refractivity contribution in [3.05, 3.63) is 65.5 Å². The first-order valence-corrected chi connectivity index (χ1v) is 9.84. The summed E-state index contributed by atoms with van der Waals surface area (Å²) in [6, 6.07) is 14.4. The van der Waals surface area contributed by atoms with Gasteiger partial charge in [0.2, 0.25) is 0 Å². The van der Waals surface area contributed by atoms with Crippen LogP contribution in [0.25, 0.3) is 0 Å². The van der Waals surface area contributed by atoms with Crippen molar-refractivity contribution in [2.24, 2.45) is 0 Å². The Hall–Kier alpha value is -1.91. The summed E-state index contributed by atoms with van der Waals surface area (Å²) < 4.78 is 19.5. The van der Waals surface area contributed by atoms with E-state index in [1.165, 1.54) is 5.56 Å². The van der Waals surface area contributed by atoms with Crippen molar-refractivity contribution in [3.8, 4) is 5.75 Å². The van der Waals surface area contributed by atoms with Gasteiger partial charge in [-0.2, -0.15) is 0 Å². The molecule has 0 aliphatic carbocycles. The molecule has 2 aromatic rings. The number of halogens is 1. The monoisotopic (exact) mass is 371 g/mol. The van der Waals surface area contributed by atoms with Crippen LogP contribution in [-0.4, -0.2) is 23.9 Å². The second-order valence-corrected chi connectivity index (χ2v) is 7.92. The van der Waals surface area contributed by atoms with Crippen molar-refractivity contribution in [2.45, 2.75) is 57.1 Å². The highest BCUT2D eigenvalue weighted by atomic mass is 19.1. The number of hydrogen-bond acceptors (Lipinski definition) is 3. The summed E-state index contributed by atoms with van der Waals surface area (Å²) in [6.45, 7) is 6.53. The van der Waals surface area contributed by atoms with E-state index in [1.54, 1.807) is 18.2 Å². The Morgan fingerprint density at radius 2 is 1.89 bits per heavy atom. The Kier molecular flexibility index (Phi) is 6.18. The van der Waals surface area contributed by atoms with Gasteiger partial charge in [-0.05, 0) is 62.9 Å². The number of ether oxygens (including phenoxy) is 1. The van der Waals surface area contributed by atoms with Gasteiger partial charge in [0.05, 0.1) is 5.60 Å². The zero-order valence-corrected chi connectivity index (χ0v) is 16.3. The molecule has 1 saturated heterocycles. The number of benzene rings is 2. The predicted octanol–water partition coefficient (Wildman–Crippen LogP) is 4.93. The van der Waals surface area contributed by atoms with Gasteiger partial charge in [0, 0.05) is 24.1 Å². The highest BCUT2D eigenvalue weighted by Gasteiger charge is 2.43. The number of para-hydroxylation sites is 1. The van der Waals surface area contributed by atoms with Crippen molar-refractivity contribution >= 4 is 0 Å². The van der Waals surface area contributed by atoms with E-state index in [0.717, 1.165) is 44.4 Å². The summed E-state index contributed by atoms with van der Waals surface area (Å²) in [7, 11) is 0. The van der Waals surface area contributed by atoms with Crippen molar-refractivity contribution in [1.82, 2.24) is 5.32 Å². The van der Waals surface area contributed by atoms with Gasteiger partial charge in [0.25, 0.3) is 0 Å². The summed E-state index contributed by atoms with van der Waals surface area (Å²) in [6.07, 6.45) is 3.78. The maximum Gasteiger partial charge on any atom is 0.123 e. The lowest BCUT2D eigenvalue weighted by Gasteiger charge is -2.47. The van der Waals surface area contributed by atoms with Gasteiger partial charge in [-0.3, -0.25) is 0 Å². The number of phenols is 1. The summed E-state index contributed by atoms with van der Waals surface area (Å²) >= 11 is 0. The third-order valence-electron chi connectivity index (χ3n) is 6.04. The fourth-order valence-electron chi connectivity index (χ4n) is 4.19. The Morgan fingerprint density at radius 1 is 1.15 bits per heavy atom. The van der Waals surface area contributed by atoms with E-state index < -0.39 is 0 Å². The zero-order chi connectivity index (χ0) is 19.3. The Morgan fingerprint density at radius 3 is 2.59 bits per heavy atom. The molecule has 0 saturated carbocycles. The van der Waals surface area contributed by atoms with E-state index in [9.17, 15) is 9.50 Å². The molecule has 0 bridgehead atoms. The molecule has 1 aliphatic heterocycles. The van der Waals surface area contributed by atoms with Crippen molar-refractivity contribution in [2.75, 3.05) is 13.2 Å². The van der Waals surface area contributed by atoms with Gasteiger partial charge in [-0.1, -0.05) is 37.3 Å². The van der Waals surface area contributed by atoms with Crippen LogP contribution in [0.4, 0.5) is 4.39 Å². The summed E-state index contributed by atoms with van der Waals surface area (Å²) in [5.41, 5.74) is 1.92. The lowest BCUT2D eigenvalue weighted by atomic mass is 9.66. The third kappa shape index (κ3) is 4.69. The molecule has 4 heteroatoms. The average molecular weight is 371 g/mol. The molecular weight excluding hydrogens is 341 g/mol. The molecule has 3 rings (SSSR count). The molecule has 1 aliphatic rings. The van der Waals surface area contributed by atoms with Gasteiger partial charge >= 0.3 is 0 Å². The van der Waals surface area contributed by atoms with Crippen LogP contribution < -0.4 is 5.32 Å². The largest absolute Gasteiger partial charge is 0.508 e. The van der Waals surface area contributed by atoms with Crippen LogP contribution in [-0.2, 0) is 16.7 Å². The van der Waals surface area contributed by atoms with E-state index in [2.05, 4.69) is 19.2 Å². The predicted molar refractivity (Wildman–Crippen MR) is 106 cm³/mol. The molecule has 1 fully saturated rings. The number of phenolic OH excluding ortho intramolecular Hbond substituents is 1. The highest BCUT2D eigenvalue weighted by molar-refractivity contribution is 5.31. The Labute approximate surface area is 161 Å². The van der Waals surface area contributed by atoms with Crippen LogP contribution in [0.1, 0.15) is 50.7 Å². The van der Waals surface area contributed by atoms with Crippen LogP contribution in [0, 0.1) is 5.82 Å². The van der Waals surface area contributed by atoms with E-state index in [4.69, 9.17) is 4.74 Å². The number of rotatable bonds is 7. The molecule has 1 heterocycles. The van der Waals surface area contributed by atoms with Gasteiger partial charge in [-0.15, -0.1) is 0 Å². The van der Waals surface area contributed by atoms with E-state index >= 15 is 0 Å². The minimum absolute atomic E-state index is 0.0254. The third-order valence-corrected chi connectivity index (χ3v) is 6.04. The fourth-order valence-corrected chi connectivity index (χ4v) is 4.19. The topological polar surface area (TPSA) is 41.5 Å². The van der Waals surface area contributed by atoms with Gasteiger partial charge in [-0.25, -0.2) is 4.39 Å². The molecule has 0 amide bonds. The first-order valence-electron chi connectivity index (χ1n) is 9.84. The average Bonchev–Trinajstić information content (AvgIpc) is 2.67. The molecule has 3 nitrogen and oxygen atoms in total. The van der Waals surface area contributed by atoms with Crippen molar-refractivity contribution in [1.29, 1.82) is 0 Å². The Balaban J connectivity index is 1.72. The normalized spacial score (nSPS) is 25.4. The molecule has 2 N–H and O–H groups in total. The summed E-state index contributed by atoms with van der Waals surface area (Å²) in [4.78, 5) is 0. The molecule has 27 heavy (non-hydrogen) atoms. The Bertz CT molecular complexity index is 748. The maximum atomic E-state index is 13.5. The van der Waals surface area contributed by atoms with Crippen LogP contribution >= 0.6 is 0 Å². The van der Waals surface area contributed by atoms with Gasteiger partial charge in [0.1, 0.15) is 11.6 Å². The molecule has 2 aromatic carbocycles. The van der Waals surface area contributed by atoms with Gasteiger partial charge < -0.3 is 15.2 Å². The minimum atomic E-state index is -0.197. The maximum absolute atomic E-state index is 13.5. The van der Waals surface area contributed by atoms with E-state index in [0.29, 0.717) is 12.3 Å². The molecule has 0 spiro atoms. The number of hydrogen-bond donors (Lipinski definition) is 2. The number of nitrogens with one attached hydrogen (secondary N) is 1. The van der Waals surface area contributed by atoms with Crippen LogP contribution in [0.15, 0.2) is 48.5 Å². The molecule has 2 atom stereocenters. The first-order chi connectivity index (χ1) is 13.0. The first kappa shape index (κ1) is 19.8. The van der Waals surface area contributed by atoms with Crippen LogP contribution in [0.5, 0.6) is 5.75 Å². The molecule has 146 valence electrons. The SMILES string of the molecule is CC[C@@]1(C)C[C@@](CCNCc2ccccc2O)(c2ccc(F)cc2)CCO1. The van der Waals surface area contributed by atoms with Gasteiger partial charge in [0.15, 0.2) is 0 Å². The lowest BCUT2D eigenvalue weighted by Crippen LogP contribution is -2.46. The van der Waals surface area contributed by atoms with Crippen molar-refractivity contribution in [3.63, 3.8) is 0 Å². The standard InChI is InChI=1S/C23H30FNO2/c1-3-22(2)17-23(13-15-27-22,19-8-10-20(24)11-9-19)12-14-25-16-18-6-4-5-7-21(18)26/h4-11,25-26H,3,12-17H2,1-2H3/t22-,23-/m0/s1. The van der Waals surface area contributed by atoms with Crippen LogP contribution in [0.3, 0.4) is 0 Å². The smallest absolute Gasteiger partial charge is 0.123 e.